The van der Waals surface area contributed by atoms with Crippen molar-refractivity contribution in [1.82, 2.24) is 0 Å². The molecule has 3 aromatic carbocycles. The standard InChI is InChI=1S/C32H38N2O3/c1-21-13-15-23(16-14-21)34-31(36)32(18-7-8-19-33)22(2)29(32)30(35)37-20-17-28-26-11-5-3-9-24(26)25-10-4-6-12-27(25)28/h3-6,9-16,22,28-30,35H,7-8,17-20,33H2,1-2H3,(H,34,36)/t22?,29?,30?,32-/m0/s1. The second-order valence-electron chi connectivity index (χ2n) is 10.7. The van der Waals surface area contributed by atoms with Gasteiger partial charge in [0.15, 0.2) is 6.29 Å². The summed E-state index contributed by atoms with van der Waals surface area (Å²) in [6.07, 6.45) is 2.19. The first kappa shape index (κ1) is 25.7. The number of aliphatic hydroxyl groups excluding tert-OH is 1. The summed E-state index contributed by atoms with van der Waals surface area (Å²) in [5.41, 5.74) is 12.2. The van der Waals surface area contributed by atoms with Crippen LogP contribution in [0.5, 0.6) is 0 Å². The molecule has 0 bridgehead atoms. The normalized spacial score (nSPS) is 22.8. The maximum atomic E-state index is 13.5. The van der Waals surface area contributed by atoms with Gasteiger partial charge in [0.1, 0.15) is 0 Å². The lowest BCUT2D eigenvalue weighted by Gasteiger charge is -2.21. The van der Waals surface area contributed by atoms with Crippen molar-refractivity contribution >= 4 is 11.6 Å². The number of unbranched alkanes of at least 4 members (excludes halogenated alkanes) is 1. The summed E-state index contributed by atoms with van der Waals surface area (Å²) in [6, 6.07) is 24.9. The van der Waals surface area contributed by atoms with Crippen LogP contribution in [0.2, 0.25) is 0 Å². The van der Waals surface area contributed by atoms with Gasteiger partial charge in [-0.1, -0.05) is 79.6 Å². The van der Waals surface area contributed by atoms with Gasteiger partial charge in [-0.2, -0.15) is 0 Å². The quantitative estimate of drug-likeness (QED) is 0.229. The van der Waals surface area contributed by atoms with E-state index in [2.05, 4.69) is 60.8 Å². The number of hydrogen-bond acceptors (Lipinski definition) is 4. The van der Waals surface area contributed by atoms with Crippen LogP contribution in [0.15, 0.2) is 72.8 Å². The Balaban J connectivity index is 1.26. The van der Waals surface area contributed by atoms with E-state index in [1.54, 1.807) is 0 Å². The van der Waals surface area contributed by atoms with Crippen molar-refractivity contribution in [3.63, 3.8) is 0 Å². The topological polar surface area (TPSA) is 84.6 Å². The molecule has 4 atom stereocenters. The summed E-state index contributed by atoms with van der Waals surface area (Å²) < 4.78 is 6.06. The number of nitrogens with two attached hydrogens (primary N) is 1. The number of nitrogens with one attached hydrogen (secondary N) is 1. The van der Waals surface area contributed by atoms with E-state index < -0.39 is 11.7 Å². The van der Waals surface area contributed by atoms with Gasteiger partial charge in [-0.15, -0.1) is 0 Å². The molecular formula is C32H38N2O3. The molecule has 0 heterocycles. The summed E-state index contributed by atoms with van der Waals surface area (Å²) >= 11 is 0. The Morgan fingerprint density at radius 1 is 1.00 bits per heavy atom. The Labute approximate surface area is 220 Å². The van der Waals surface area contributed by atoms with Gasteiger partial charge in [0.2, 0.25) is 5.91 Å². The third kappa shape index (κ3) is 4.84. The average Bonchev–Trinajstić information content (AvgIpc) is 3.39. The van der Waals surface area contributed by atoms with Gasteiger partial charge in [0.25, 0.3) is 0 Å². The monoisotopic (exact) mass is 498 g/mol. The molecule has 1 amide bonds. The van der Waals surface area contributed by atoms with E-state index in [0.717, 1.165) is 30.5 Å². The molecule has 194 valence electrons. The van der Waals surface area contributed by atoms with Crippen LogP contribution in [0.4, 0.5) is 5.69 Å². The summed E-state index contributed by atoms with van der Waals surface area (Å²) in [4.78, 5) is 13.5. The highest BCUT2D eigenvalue weighted by Crippen LogP contribution is 2.64. The number of carbonyl (C=O) groups excluding carboxylic acids is 1. The van der Waals surface area contributed by atoms with E-state index in [-0.39, 0.29) is 23.7 Å². The Hall–Kier alpha value is -2.99. The van der Waals surface area contributed by atoms with Gasteiger partial charge in [0, 0.05) is 17.5 Å². The molecule has 5 heteroatoms. The van der Waals surface area contributed by atoms with E-state index in [1.165, 1.54) is 22.3 Å². The lowest BCUT2D eigenvalue weighted by Crippen LogP contribution is -2.31. The molecule has 0 spiro atoms. The van der Waals surface area contributed by atoms with E-state index in [1.807, 2.05) is 31.2 Å². The lowest BCUT2D eigenvalue weighted by atomic mass is 9.92. The fourth-order valence-electron chi connectivity index (χ4n) is 6.46. The van der Waals surface area contributed by atoms with E-state index in [0.29, 0.717) is 19.6 Å². The molecule has 3 aromatic rings. The molecule has 3 unspecified atom stereocenters. The van der Waals surface area contributed by atoms with Crippen molar-refractivity contribution in [1.29, 1.82) is 0 Å². The van der Waals surface area contributed by atoms with Crippen LogP contribution in [0.1, 0.15) is 55.2 Å². The number of rotatable bonds is 11. The van der Waals surface area contributed by atoms with Gasteiger partial charge >= 0.3 is 0 Å². The van der Waals surface area contributed by atoms with Crippen molar-refractivity contribution in [3.05, 3.63) is 89.5 Å². The second kappa shape index (κ2) is 10.8. The zero-order valence-corrected chi connectivity index (χ0v) is 21.8. The molecule has 0 aliphatic heterocycles. The van der Waals surface area contributed by atoms with Crippen LogP contribution in [0, 0.1) is 24.2 Å². The number of fused-ring (bicyclic) bond motifs is 3. The van der Waals surface area contributed by atoms with Crippen molar-refractivity contribution in [2.45, 2.75) is 51.7 Å². The largest absolute Gasteiger partial charge is 0.368 e. The summed E-state index contributed by atoms with van der Waals surface area (Å²) in [5, 5.41) is 14.2. The molecular weight excluding hydrogens is 460 g/mol. The van der Waals surface area contributed by atoms with E-state index in [4.69, 9.17) is 10.5 Å². The minimum Gasteiger partial charge on any atom is -0.368 e. The first-order valence-corrected chi connectivity index (χ1v) is 13.5. The molecule has 0 saturated heterocycles. The highest BCUT2D eigenvalue weighted by Gasteiger charge is 2.69. The van der Waals surface area contributed by atoms with E-state index in [9.17, 15) is 9.90 Å². The summed E-state index contributed by atoms with van der Waals surface area (Å²) in [6.45, 7) is 5.10. The molecule has 1 fully saturated rings. The van der Waals surface area contributed by atoms with Gasteiger partial charge in [-0.05, 0) is 73.0 Å². The summed E-state index contributed by atoms with van der Waals surface area (Å²) in [5.74, 6) is 0.0000692. The minimum absolute atomic E-state index is 0.0265. The number of anilines is 1. The molecule has 0 aromatic heterocycles. The zero-order chi connectivity index (χ0) is 26.0. The smallest absolute Gasteiger partial charge is 0.231 e. The molecule has 5 nitrogen and oxygen atoms in total. The third-order valence-electron chi connectivity index (χ3n) is 8.58. The molecule has 4 N–H and O–H groups in total. The number of aliphatic hydroxyl groups is 1. The Kier molecular flexibility index (Phi) is 7.47. The maximum absolute atomic E-state index is 13.5. The fraction of sp³-hybridized carbons (Fsp3) is 0.406. The number of aryl methyl sites for hydroxylation is 1. The number of ether oxygens (including phenoxy) is 1. The van der Waals surface area contributed by atoms with Gasteiger partial charge < -0.3 is 20.9 Å². The predicted octanol–water partition coefficient (Wildman–Crippen LogP) is 5.85. The molecule has 0 radical (unpaired) electrons. The highest BCUT2D eigenvalue weighted by molar-refractivity contribution is 5.98. The molecule has 5 rings (SSSR count). The SMILES string of the molecule is Cc1ccc(NC(=O)[C@@]2(CCCCN)C(C)C2C(O)OCCC2c3ccccc3-c3ccccc32)cc1. The van der Waals surface area contributed by atoms with Crippen molar-refractivity contribution in [2.75, 3.05) is 18.5 Å². The maximum Gasteiger partial charge on any atom is 0.231 e. The molecule has 2 aliphatic carbocycles. The van der Waals surface area contributed by atoms with Crippen LogP contribution in [-0.2, 0) is 9.53 Å². The van der Waals surface area contributed by atoms with Crippen molar-refractivity contribution in [2.24, 2.45) is 23.0 Å². The van der Waals surface area contributed by atoms with Crippen LogP contribution < -0.4 is 11.1 Å². The Morgan fingerprint density at radius 2 is 1.62 bits per heavy atom. The first-order chi connectivity index (χ1) is 18.0. The Bertz CT molecular complexity index is 1200. The van der Waals surface area contributed by atoms with Crippen molar-refractivity contribution < 1.29 is 14.6 Å². The van der Waals surface area contributed by atoms with Crippen molar-refractivity contribution in [3.8, 4) is 11.1 Å². The molecule has 37 heavy (non-hydrogen) atoms. The predicted molar refractivity (Wildman–Crippen MR) is 148 cm³/mol. The van der Waals surface area contributed by atoms with Crippen LogP contribution >= 0.6 is 0 Å². The highest BCUT2D eigenvalue weighted by atomic mass is 16.6. The lowest BCUT2D eigenvalue weighted by molar-refractivity contribution is -0.135. The van der Waals surface area contributed by atoms with Gasteiger partial charge in [-0.25, -0.2) is 0 Å². The zero-order valence-electron chi connectivity index (χ0n) is 21.8. The Morgan fingerprint density at radius 3 is 2.24 bits per heavy atom. The van der Waals surface area contributed by atoms with E-state index >= 15 is 0 Å². The average molecular weight is 499 g/mol. The second-order valence-corrected chi connectivity index (χ2v) is 10.7. The summed E-state index contributed by atoms with van der Waals surface area (Å²) in [7, 11) is 0. The number of hydrogen-bond donors (Lipinski definition) is 3. The van der Waals surface area contributed by atoms with Gasteiger partial charge in [0.05, 0.1) is 12.0 Å². The number of carbonyl (C=O) groups is 1. The molecule has 1 saturated carbocycles. The minimum atomic E-state index is -0.983. The van der Waals surface area contributed by atoms with Crippen LogP contribution in [0.3, 0.4) is 0 Å². The van der Waals surface area contributed by atoms with Crippen LogP contribution in [-0.4, -0.2) is 30.5 Å². The number of amides is 1. The van der Waals surface area contributed by atoms with Crippen LogP contribution in [0.25, 0.3) is 11.1 Å². The van der Waals surface area contributed by atoms with Gasteiger partial charge in [-0.3, -0.25) is 4.79 Å². The third-order valence-corrected chi connectivity index (χ3v) is 8.58. The number of benzene rings is 3. The molecule has 2 aliphatic rings. The fourth-order valence-corrected chi connectivity index (χ4v) is 6.46. The first-order valence-electron chi connectivity index (χ1n) is 13.5.